The standard InChI is InChI=1S/C14H16N2O2/c1-10(17)13-6-7-16(9-13)14(18)12-4-2-11(8-15)3-5-12/h2-5,10,13,17H,6-7,9H2,1H3. The van der Waals surface area contributed by atoms with Crippen molar-refractivity contribution in [2.75, 3.05) is 13.1 Å². The van der Waals surface area contributed by atoms with Gasteiger partial charge in [0.15, 0.2) is 0 Å². The van der Waals surface area contributed by atoms with E-state index in [2.05, 4.69) is 0 Å². The van der Waals surface area contributed by atoms with Crippen molar-refractivity contribution < 1.29 is 9.90 Å². The van der Waals surface area contributed by atoms with Gasteiger partial charge in [-0.05, 0) is 37.6 Å². The predicted octanol–water partition coefficient (Wildman–Crippen LogP) is 1.40. The van der Waals surface area contributed by atoms with E-state index in [9.17, 15) is 9.90 Å². The van der Waals surface area contributed by atoms with Crippen molar-refractivity contribution in [3.63, 3.8) is 0 Å². The van der Waals surface area contributed by atoms with Crippen LogP contribution in [0, 0.1) is 17.2 Å². The van der Waals surface area contributed by atoms with Crippen LogP contribution in [0.4, 0.5) is 0 Å². The van der Waals surface area contributed by atoms with E-state index >= 15 is 0 Å². The molecule has 0 saturated carbocycles. The molecule has 94 valence electrons. The zero-order chi connectivity index (χ0) is 13.1. The maximum Gasteiger partial charge on any atom is 0.253 e. The molecule has 2 unspecified atom stereocenters. The average molecular weight is 244 g/mol. The van der Waals surface area contributed by atoms with E-state index in [4.69, 9.17) is 5.26 Å². The molecule has 0 aliphatic carbocycles. The number of amides is 1. The Bertz CT molecular complexity index is 474. The quantitative estimate of drug-likeness (QED) is 0.855. The number of hydrogen-bond donors (Lipinski definition) is 1. The van der Waals surface area contributed by atoms with Gasteiger partial charge in [0.1, 0.15) is 0 Å². The second kappa shape index (κ2) is 5.19. The van der Waals surface area contributed by atoms with Crippen LogP contribution < -0.4 is 0 Å². The van der Waals surface area contributed by atoms with Crippen molar-refractivity contribution in [1.29, 1.82) is 5.26 Å². The molecule has 1 aromatic rings. The SMILES string of the molecule is CC(O)C1CCN(C(=O)c2ccc(C#N)cc2)C1. The number of aliphatic hydroxyl groups is 1. The lowest BCUT2D eigenvalue weighted by Crippen LogP contribution is -2.30. The van der Waals surface area contributed by atoms with Crippen molar-refractivity contribution in [3.8, 4) is 6.07 Å². The van der Waals surface area contributed by atoms with Crippen LogP contribution in [0.15, 0.2) is 24.3 Å². The highest BCUT2D eigenvalue weighted by Crippen LogP contribution is 2.21. The Kier molecular flexibility index (Phi) is 3.63. The van der Waals surface area contributed by atoms with Crippen molar-refractivity contribution in [2.45, 2.75) is 19.4 Å². The van der Waals surface area contributed by atoms with Crippen LogP contribution in [-0.4, -0.2) is 35.1 Å². The maximum atomic E-state index is 12.2. The van der Waals surface area contributed by atoms with Crippen LogP contribution in [-0.2, 0) is 0 Å². The van der Waals surface area contributed by atoms with Crippen molar-refractivity contribution in [1.82, 2.24) is 4.90 Å². The summed E-state index contributed by atoms with van der Waals surface area (Å²) in [5.74, 6) is 0.148. The zero-order valence-electron chi connectivity index (χ0n) is 10.3. The Morgan fingerprint density at radius 1 is 1.50 bits per heavy atom. The summed E-state index contributed by atoms with van der Waals surface area (Å²) < 4.78 is 0. The molecule has 1 aliphatic rings. The number of nitrogens with zero attached hydrogens (tertiary/aromatic N) is 2. The van der Waals surface area contributed by atoms with Crippen LogP contribution >= 0.6 is 0 Å². The summed E-state index contributed by atoms with van der Waals surface area (Å²) in [6.07, 6.45) is 0.475. The summed E-state index contributed by atoms with van der Waals surface area (Å²) in [6.45, 7) is 3.06. The van der Waals surface area contributed by atoms with E-state index in [1.54, 1.807) is 36.1 Å². The van der Waals surface area contributed by atoms with Gasteiger partial charge in [0.05, 0.1) is 17.7 Å². The summed E-state index contributed by atoms with van der Waals surface area (Å²) in [5.41, 5.74) is 1.15. The molecule has 1 amide bonds. The Balaban J connectivity index is 2.06. The maximum absolute atomic E-state index is 12.2. The fourth-order valence-corrected chi connectivity index (χ4v) is 2.24. The highest BCUT2D eigenvalue weighted by Gasteiger charge is 2.29. The summed E-state index contributed by atoms with van der Waals surface area (Å²) in [5, 5.41) is 18.2. The zero-order valence-corrected chi connectivity index (χ0v) is 10.3. The minimum atomic E-state index is -0.372. The largest absolute Gasteiger partial charge is 0.393 e. The molecule has 1 aliphatic heterocycles. The summed E-state index contributed by atoms with van der Waals surface area (Å²) in [4.78, 5) is 13.9. The first-order valence-corrected chi connectivity index (χ1v) is 6.09. The Labute approximate surface area is 106 Å². The fraction of sp³-hybridized carbons (Fsp3) is 0.429. The molecule has 2 atom stereocenters. The van der Waals surface area contributed by atoms with Crippen LogP contribution in [0.25, 0.3) is 0 Å². The van der Waals surface area contributed by atoms with Gasteiger partial charge in [0, 0.05) is 24.6 Å². The topological polar surface area (TPSA) is 64.3 Å². The van der Waals surface area contributed by atoms with Gasteiger partial charge in [-0.25, -0.2) is 0 Å². The molecule has 1 aromatic carbocycles. The highest BCUT2D eigenvalue weighted by atomic mass is 16.3. The molecular weight excluding hydrogens is 228 g/mol. The van der Waals surface area contributed by atoms with Crippen LogP contribution in [0.1, 0.15) is 29.3 Å². The first-order valence-electron chi connectivity index (χ1n) is 6.09. The third kappa shape index (κ3) is 2.52. The van der Waals surface area contributed by atoms with Crippen molar-refractivity contribution >= 4 is 5.91 Å². The van der Waals surface area contributed by atoms with E-state index in [0.29, 0.717) is 24.2 Å². The molecule has 0 radical (unpaired) electrons. The van der Waals surface area contributed by atoms with Crippen LogP contribution in [0.5, 0.6) is 0 Å². The average Bonchev–Trinajstić information content (AvgIpc) is 2.88. The second-order valence-electron chi connectivity index (χ2n) is 4.73. The number of carbonyl (C=O) groups excluding carboxylic acids is 1. The van der Waals surface area contributed by atoms with Gasteiger partial charge >= 0.3 is 0 Å². The van der Waals surface area contributed by atoms with Crippen LogP contribution in [0.2, 0.25) is 0 Å². The van der Waals surface area contributed by atoms with E-state index in [-0.39, 0.29) is 17.9 Å². The van der Waals surface area contributed by atoms with E-state index < -0.39 is 0 Å². The molecule has 4 heteroatoms. The van der Waals surface area contributed by atoms with Gasteiger partial charge in [-0.3, -0.25) is 4.79 Å². The minimum Gasteiger partial charge on any atom is -0.393 e. The van der Waals surface area contributed by atoms with Gasteiger partial charge < -0.3 is 10.0 Å². The molecule has 18 heavy (non-hydrogen) atoms. The fourth-order valence-electron chi connectivity index (χ4n) is 2.24. The number of hydrogen-bond acceptors (Lipinski definition) is 3. The first-order chi connectivity index (χ1) is 8.61. The Morgan fingerprint density at radius 3 is 2.67 bits per heavy atom. The monoisotopic (exact) mass is 244 g/mol. The summed E-state index contributed by atoms with van der Waals surface area (Å²) in [6, 6.07) is 8.68. The Hall–Kier alpha value is -1.86. The number of aliphatic hydroxyl groups excluding tert-OH is 1. The summed E-state index contributed by atoms with van der Waals surface area (Å²) in [7, 11) is 0. The molecule has 0 spiro atoms. The molecular formula is C14H16N2O2. The van der Waals surface area contributed by atoms with Crippen molar-refractivity contribution in [3.05, 3.63) is 35.4 Å². The van der Waals surface area contributed by atoms with Crippen LogP contribution in [0.3, 0.4) is 0 Å². The van der Waals surface area contributed by atoms with Gasteiger partial charge in [-0.2, -0.15) is 5.26 Å². The third-order valence-electron chi connectivity index (χ3n) is 3.46. The van der Waals surface area contributed by atoms with Gasteiger partial charge in [-0.15, -0.1) is 0 Å². The molecule has 1 N–H and O–H groups in total. The molecule has 1 fully saturated rings. The molecule has 0 bridgehead atoms. The first kappa shape index (κ1) is 12.6. The van der Waals surface area contributed by atoms with Crippen molar-refractivity contribution in [2.24, 2.45) is 5.92 Å². The van der Waals surface area contributed by atoms with Gasteiger partial charge in [-0.1, -0.05) is 0 Å². The number of carbonyl (C=O) groups is 1. The lowest BCUT2D eigenvalue weighted by Gasteiger charge is -2.17. The van der Waals surface area contributed by atoms with E-state index in [0.717, 1.165) is 6.42 Å². The number of benzene rings is 1. The molecule has 1 heterocycles. The molecule has 4 nitrogen and oxygen atoms in total. The molecule has 1 saturated heterocycles. The highest BCUT2D eigenvalue weighted by molar-refractivity contribution is 5.94. The molecule has 0 aromatic heterocycles. The summed E-state index contributed by atoms with van der Waals surface area (Å²) >= 11 is 0. The Morgan fingerprint density at radius 2 is 2.17 bits per heavy atom. The number of likely N-dealkylation sites (tertiary alicyclic amines) is 1. The lowest BCUT2D eigenvalue weighted by molar-refractivity contribution is 0.0762. The van der Waals surface area contributed by atoms with E-state index in [1.165, 1.54) is 0 Å². The third-order valence-corrected chi connectivity index (χ3v) is 3.46. The minimum absolute atomic E-state index is 0.0253. The lowest BCUT2D eigenvalue weighted by atomic mass is 10.0. The van der Waals surface area contributed by atoms with E-state index in [1.807, 2.05) is 6.07 Å². The predicted molar refractivity (Wildman–Crippen MR) is 66.8 cm³/mol. The molecule has 2 rings (SSSR count). The van der Waals surface area contributed by atoms with Gasteiger partial charge in [0.2, 0.25) is 0 Å². The smallest absolute Gasteiger partial charge is 0.253 e. The second-order valence-corrected chi connectivity index (χ2v) is 4.73. The normalized spacial score (nSPS) is 20.5. The number of rotatable bonds is 2. The van der Waals surface area contributed by atoms with Gasteiger partial charge in [0.25, 0.3) is 5.91 Å². The number of nitriles is 1.